The average Bonchev–Trinajstić information content (AvgIpc) is 2.77. The second-order valence-corrected chi connectivity index (χ2v) is 9.80. The summed E-state index contributed by atoms with van der Waals surface area (Å²) < 4.78 is 17.6. The number of rotatable bonds is 12. The molecule has 0 radical (unpaired) electrons. The lowest BCUT2D eigenvalue weighted by Crippen LogP contribution is -3.13. The first-order valence-electron chi connectivity index (χ1n) is 10.4. The highest BCUT2D eigenvalue weighted by Crippen LogP contribution is 2.29. The lowest BCUT2D eigenvalue weighted by Gasteiger charge is -2.21. The normalized spacial score (nSPS) is 11.0. The smallest absolute Gasteiger partial charge is 0.138 e. The minimum absolute atomic E-state index is 0.445. The van der Waals surface area contributed by atoms with Gasteiger partial charge in [-0.25, -0.2) is 0 Å². The molecule has 0 aromatic heterocycles. The summed E-state index contributed by atoms with van der Waals surface area (Å²) in [6, 6.07) is 15.4. The lowest BCUT2D eigenvalue weighted by atomic mass is 10.3. The maximum atomic E-state index is 6.20. The van der Waals surface area contributed by atoms with Crippen molar-refractivity contribution >= 4 is 69.6 Å². The summed E-state index contributed by atoms with van der Waals surface area (Å²) >= 11 is 36.5. The first-order chi connectivity index (χ1) is 16.3. The maximum Gasteiger partial charge on any atom is 0.138 e. The van der Waals surface area contributed by atoms with Crippen LogP contribution in [0.4, 0.5) is 0 Å². The van der Waals surface area contributed by atoms with E-state index in [-0.39, 0.29) is 0 Å². The highest BCUT2D eigenvalue weighted by atomic mass is 35.5. The van der Waals surface area contributed by atoms with Crippen LogP contribution in [0.1, 0.15) is 0 Å². The number of ether oxygens (including phenoxy) is 3. The predicted octanol–water partition coefficient (Wildman–Crippen LogP) is 7.03. The highest BCUT2D eigenvalue weighted by Gasteiger charge is 2.13. The van der Waals surface area contributed by atoms with Crippen LogP contribution in [0.25, 0.3) is 0 Å². The first kappa shape index (κ1) is 27.3. The van der Waals surface area contributed by atoms with E-state index in [9.17, 15) is 0 Å². The predicted molar refractivity (Wildman–Crippen MR) is 141 cm³/mol. The molecule has 0 heterocycles. The largest absolute Gasteiger partial charge is 0.486 e. The molecule has 0 aliphatic rings. The first-order valence-corrected chi connectivity index (χ1v) is 12.7. The molecule has 182 valence electrons. The molecule has 0 saturated heterocycles. The van der Waals surface area contributed by atoms with Gasteiger partial charge in [-0.05, 0) is 54.6 Å². The van der Waals surface area contributed by atoms with Gasteiger partial charge in [-0.2, -0.15) is 0 Å². The van der Waals surface area contributed by atoms with Gasteiger partial charge in [0.1, 0.15) is 56.7 Å². The van der Waals surface area contributed by atoms with E-state index in [0.717, 1.165) is 0 Å². The van der Waals surface area contributed by atoms with Crippen LogP contribution in [0.2, 0.25) is 30.1 Å². The number of hydrogen-bond acceptors (Lipinski definition) is 3. The summed E-state index contributed by atoms with van der Waals surface area (Å²) in [5.41, 5.74) is 0. The molecule has 0 fully saturated rings. The molecule has 0 spiro atoms. The topological polar surface area (TPSA) is 32.1 Å². The van der Waals surface area contributed by atoms with E-state index in [1.807, 2.05) is 0 Å². The Morgan fingerprint density at radius 1 is 0.471 bits per heavy atom. The summed E-state index contributed by atoms with van der Waals surface area (Å²) in [6.45, 7) is 3.40. The van der Waals surface area contributed by atoms with Gasteiger partial charge < -0.3 is 19.1 Å². The van der Waals surface area contributed by atoms with Crippen LogP contribution in [-0.2, 0) is 0 Å². The molecule has 0 aliphatic heterocycles. The van der Waals surface area contributed by atoms with E-state index >= 15 is 0 Å². The molecular formula is C24H22Cl6NO3+. The molecular weight excluding hydrogens is 563 g/mol. The summed E-state index contributed by atoms with van der Waals surface area (Å²) in [4.78, 5) is 1.19. The average molecular weight is 585 g/mol. The zero-order valence-corrected chi connectivity index (χ0v) is 22.5. The fraction of sp³-hybridized carbons (Fsp3) is 0.250. The van der Waals surface area contributed by atoms with Crippen LogP contribution < -0.4 is 19.1 Å². The van der Waals surface area contributed by atoms with Crippen molar-refractivity contribution < 1.29 is 19.1 Å². The van der Waals surface area contributed by atoms with Crippen LogP contribution >= 0.6 is 69.6 Å². The van der Waals surface area contributed by atoms with Crippen LogP contribution in [0.3, 0.4) is 0 Å². The van der Waals surface area contributed by atoms with Crippen molar-refractivity contribution in [2.45, 2.75) is 0 Å². The molecule has 0 atom stereocenters. The van der Waals surface area contributed by atoms with E-state index in [1.54, 1.807) is 54.6 Å². The standard InChI is InChI=1S/C24H21Cl6NO3/c25-16-1-4-22(19(28)13-16)32-10-7-31(8-11-33-23-5-2-17(26)14-20(23)29)9-12-34-24-6-3-18(27)15-21(24)30/h1-6,13-15H,7-12H2/p+1. The fourth-order valence-electron chi connectivity index (χ4n) is 3.07. The molecule has 1 N–H and O–H groups in total. The van der Waals surface area contributed by atoms with Gasteiger partial charge in [-0.3, -0.25) is 0 Å². The van der Waals surface area contributed by atoms with Gasteiger partial charge >= 0.3 is 0 Å². The van der Waals surface area contributed by atoms with E-state index in [1.165, 1.54) is 4.90 Å². The van der Waals surface area contributed by atoms with Crippen molar-refractivity contribution in [1.82, 2.24) is 0 Å². The fourth-order valence-corrected chi connectivity index (χ4v) is 4.46. The van der Waals surface area contributed by atoms with E-state index in [2.05, 4.69) is 0 Å². The zero-order valence-electron chi connectivity index (χ0n) is 17.9. The number of benzene rings is 3. The highest BCUT2D eigenvalue weighted by molar-refractivity contribution is 6.36. The minimum Gasteiger partial charge on any atom is -0.486 e. The van der Waals surface area contributed by atoms with Crippen LogP contribution in [0, 0.1) is 0 Å². The third-order valence-corrected chi connectivity index (χ3v) is 6.41. The van der Waals surface area contributed by atoms with E-state index in [0.29, 0.717) is 86.8 Å². The third-order valence-electron chi connectivity index (χ3n) is 4.82. The molecule has 3 aromatic carbocycles. The number of halogens is 6. The van der Waals surface area contributed by atoms with E-state index < -0.39 is 0 Å². The molecule has 10 heteroatoms. The Balaban J connectivity index is 1.55. The summed E-state index contributed by atoms with van der Waals surface area (Å²) in [5.74, 6) is 1.75. The van der Waals surface area contributed by atoms with Gasteiger partial charge in [0.2, 0.25) is 0 Å². The van der Waals surface area contributed by atoms with Crippen molar-refractivity contribution in [1.29, 1.82) is 0 Å². The summed E-state index contributed by atoms with van der Waals surface area (Å²) in [6.07, 6.45) is 0. The number of nitrogens with one attached hydrogen (secondary N) is 1. The van der Waals surface area contributed by atoms with Crippen LogP contribution in [-0.4, -0.2) is 39.5 Å². The molecule has 0 unspecified atom stereocenters. The van der Waals surface area contributed by atoms with Crippen LogP contribution in [0.5, 0.6) is 17.2 Å². The molecule has 0 bridgehead atoms. The summed E-state index contributed by atoms with van der Waals surface area (Å²) in [7, 11) is 0. The van der Waals surface area contributed by atoms with Crippen molar-refractivity contribution in [2.24, 2.45) is 0 Å². The maximum absolute atomic E-state index is 6.20. The SMILES string of the molecule is Clc1ccc(OCC[NH+](CCOc2ccc(Cl)cc2Cl)CCOc2ccc(Cl)cc2Cl)c(Cl)c1. The van der Waals surface area contributed by atoms with Gasteiger partial charge in [-0.15, -0.1) is 0 Å². The lowest BCUT2D eigenvalue weighted by molar-refractivity contribution is -0.900. The molecule has 3 rings (SSSR count). The Hall–Kier alpha value is -1.24. The Bertz CT molecular complexity index is 962. The van der Waals surface area contributed by atoms with Gasteiger partial charge in [0, 0.05) is 15.1 Å². The van der Waals surface area contributed by atoms with Gasteiger partial charge in [0.05, 0.1) is 15.1 Å². The van der Waals surface area contributed by atoms with Gasteiger partial charge in [0.15, 0.2) is 0 Å². The van der Waals surface area contributed by atoms with Crippen LogP contribution in [0.15, 0.2) is 54.6 Å². The third kappa shape index (κ3) is 8.76. The Labute approximate surface area is 229 Å². The molecule has 0 saturated carbocycles. The zero-order chi connectivity index (χ0) is 24.5. The monoisotopic (exact) mass is 582 g/mol. The Kier molecular flexibility index (Phi) is 11.1. The second kappa shape index (κ2) is 13.7. The summed E-state index contributed by atoms with van der Waals surface area (Å²) in [5, 5.41) is 3.07. The Morgan fingerprint density at radius 2 is 0.765 bits per heavy atom. The van der Waals surface area contributed by atoms with E-state index in [4.69, 9.17) is 83.8 Å². The minimum atomic E-state index is 0.445. The quantitative estimate of drug-likeness (QED) is 0.248. The molecule has 3 aromatic rings. The molecule has 34 heavy (non-hydrogen) atoms. The second-order valence-electron chi connectivity index (χ2n) is 7.27. The molecule has 0 amide bonds. The van der Waals surface area contributed by atoms with Crippen molar-refractivity contribution in [3.63, 3.8) is 0 Å². The Morgan fingerprint density at radius 3 is 1.03 bits per heavy atom. The van der Waals surface area contributed by atoms with Gasteiger partial charge in [0.25, 0.3) is 0 Å². The van der Waals surface area contributed by atoms with Crippen molar-refractivity contribution in [2.75, 3.05) is 39.5 Å². The van der Waals surface area contributed by atoms with Crippen molar-refractivity contribution in [3.8, 4) is 17.2 Å². The van der Waals surface area contributed by atoms with Gasteiger partial charge in [-0.1, -0.05) is 69.6 Å². The van der Waals surface area contributed by atoms with Crippen molar-refractivity contribution in [3.05, 3.63) is 84.7 Å². The molecule has 0 aliphatic carbocycles. The number of hydrogen-bond donors (Lipinski definition) is 1. The molecule has 4 nitrogen and oxygen atoms in total. The number of quaternary nitrogens is 1.